The van der Waals surface area contributed by atoms with E-state index in [1.165, 1.54) is 13.8 Å². The van der Waals surface area contributed by atoms with E-state index in [1.54, 1.807) is 0 Å². The SMILES string of the molecule is CC(C)(NC(=O)CCl)C(=O)O. The first-order valence-electron chi connectivity index (χ1n) is 3.00. The number of hydrogen-bond donors (Lipinski definition) is 2. The molecule has 0 aliphatic heterocycles. The highest BCUT2D eigenvalue weighted by Gasteiger charge is 2.28. The van der Waals surface area contributed by atoms with Crippen LogP contribution in [-0.4, -0.2) is 28.4 Å². The smallest absolute Gasteiger partial charge is 0.328 e. The van der Waals surface area contributed by atoms with Gasteiger partial charge in [0.1, 0.15) is 11.4 Å². The lowest BCUT2D eigenvalue weighted by Crippen LogP contribution is -2.50. The lowest BCUT2D eigenvalue weighted by atomic mass is 10.1. The van der Waals surface area contributed by atoms with E-state index in [1.807, 2.05) is 0 Å². The molecule has 5 heteroatoms. The normalized spacial score (nSPS) is 10.8. The topological polar surface area (TPSA) is 66.4 Å². The third-order valence-corrected chi connectivity index (χ3v) is 1.35. The van der Waals surface area contributed by atoms with Gasteiger partial charge in [-0.3, -0.25) is 4.79 Å². The molecule has 0 heterocycles. The van der Waals surface area contributed by atoms with Crippen LogP contribution in [0.3, 0.4) is 0 Å². The number of nitrogens with one attached hydrogen (secondary N) is 1. The van der Waals surface area contributed by atoms with Crippen molar-refractivity contribution < 1.29 is 14.7 Å². The van der Waals surface area contributed by atoms with E-state index < -0.39 is 17.4 Å². The lowest BCUT2D eigenvalue weighted by molar-refractivity contribution is -0.145. The van der Waals surface area contributed by atoms with Gasteiger partial charge in [0, 0.05) is 0 Å². The summed E-state index contributed by atoms with van der Waals surface area (Å²) in [4.78, 5) is 21.0. The largest absolute Gasteiger partial charge is 0.480 e. The van der Waals surface area contributed by atoms with Crippen molar-refractivity contribution in [1.82, 2.24) is 5.32 Å². The van der Waals surface area contributed by atoms with E-state index in [2.05, 4.69) is 5.32 Å². The Morgan fingerprint density at radius 3 is 2.27 bits per heavy atom. The average Bonchev–Trinajstić information content (AvgIpc) is 1.86. The standard InChI is InChI=1S/C6H10ClNO3/c1-6(2,5(10)11)8-4(9)3-7/h3H2,1-2H3,(H,8,9)(H,10,11). The molecule has 11 heavy (non-hydrogen) atoms. The van der Waals surface area contributed by atoms with Crippen LogP contribution in [0.5, 0.6) is 0 Å². The first-order valence-corrected chi connectivity index (χ1v) is 3.54. The highest BCUT2D eigenvalue weighted by atomic mass is 35.5. The summed E-state index contributed by atoms with van der Waals surface area (Å²) in [5.41, 5.74) is -1.24. The van der Waals surface area contributed by atoms with Gasteiger partial charge >= 0.3 is 5.97 Å². The number of carboxylic acid groups (broad SMARTS) is 1. The van der Waals surface area contributed by atoms with Crippen LogP contribution in [0.15, 0.2) is 0 Å². The van der Waals surface area contributed by atoms with Crippen molar-refractivity contribution in [3.8, 4) is 0 Å². The summed E-state index contributed by atoms with van der Waals surface area (Å²) in [6, 6.07) is 0. The van der Waals surface area contributed by atoms with E-state index in [0.29, 0.717) is 0 Å². The fraction of sp³-hybridized carbons (Fsp3) is 0.667. The summed E-state index contributed by atoms with van der Waals surface area (Å²) in [5, 5.41) is 10.8. The predicted octanol–water partition coefficient (Wildman–Crippen LogP) is 0.205. The Hall–Kier alpha value is -0.770. The molecule has 0 spiro atoms. The number of carbonyl (C=O) groups excluding carboxylic acids is 1. The average molecular weight is 180 g/mol. The zero-order chi connectivity index (χ0) is 9.07. The molecule has 1 amide bonds. The van der Waals surface area contributed by atoms with Crippen molar-refractivity contribution in [2.24, 2.45) is 0 Å². The second kappa shape index (κ2) is 3.57. The molecule has 0 radical (unpaired) electrons. The fourth-order valence-corrected chi connectivity index (χ4v) is 0.502. The van der Waals surface area contributed by atoms with Crippen molar-refractivity contribution >= 4 is 23.5 Å². The second-order valence-corrected chi connectivity index (χ2v) is 2.88. The third-order valence-electron chi connectivity index (χ3n) is 1.11. The molecule has 0 aromatic rings. The Bertz CT molecular complexity index is 179. The van der Waals surface area contributed by atoms with Gasteiger partial charge in [0.15, 0.2) is 0 Å². The van der Waals surface area contributed by atoms with E-state index in [9.17, 15) is 9.59 Å². The molecule has 0 aromatic carbocycles. The van der Waals surface area contributed by atoms with Crippen LogP contribution in [0.1, 0.15) is 13.8 Å². The second-order valence-electron chi connectivity index (χ2n) is 2.61. The minimum Gasteiger partial charge on any atom is -0.480 e. The molecule has 0 rings (SSSR count). The summed E-state index contributed by atoms with van der Waals surface area (Å²) in [6.07, 6.45) is 0. The van der Waals surface area contributed by atoms with Gasteiger partial charge in [-0.2, -0.15) is 0 Å². The monoisotopic (exact) mass is 179 g/mol. The molecule has 0 aromatic heterocycles. The van der Waals surface area contributed by atoms with Gasteiger partial charge in [-0.25, -0.2) is 4.79 Å². The Morgan fingerprint density at radius 2 is 2.00 bits per heavy atom. The van der Waals surface area contributed by atoms with Crippen molar-refractivity contribution in [2.45, 2.75) is 19.4 Å². The van der Waals surface area contributed by atoms with Crippen molar-refractivity contribution in [3.05, 3.63) is 0 Å². The molecular weight excluding hydrogens is 170 g/mol. The molecule has 0 fully saturated rings. The van der Waals surface area contributed by atoms with Crippen LogP contribution in [0.2, 0.25) is 0 Å². The molecule has 0 atom stereocenters. The highest BCUT2D eigenvalue weighted by molar-refractivity contribution is 6.27. The van der Waals surface area contributed by atoms with Crippen LogP contribution in [0.25, 0.3) is 0 Å². The quantitative estimate of drug-likeness (QED) is 0.609. The molecule has 4 nitrogen and oxygen atoms in total. The van der Waals surface area contributed by atoms with E-state index >= 15 is 0 Å². The molecule has 0 saturated heterocycles. The number of carboxylic acids is 1. The summed E-state index contributed by atoms with van der Waals surface area (Å²) < 4.78 is 0. The fourth-order valence-electron chi connectivity index (χ4n) is 0.435. The zero-order valence-corrected chi connectivity index (χ0v) is 7.10. The van der Waals surface area contributed by atoms with Gasteiger partial charge in [-0.05, 0) is 13.8 Å². The highest BCUT2D eigenvalue weighted by Crippen LogP contribution is 2.01. The van der Waals surface area contributed by atoms with E-state index in [4.69, 9.17) is 16.7 Å². The molecule has 0 bridgehead atoms. The summed E-state index contributed by atoms with van der Waals surface area (Å²) in [5.74, 6) is -1.80. The maximum absolute atomic E-state index is 10.6. The van der Waals surface area contributed by atoms with Gasteiger partial charge in [0.25, 0.3) is 0 Å². The van der Waals surface area contributed by atoms with E-state index in [-0.39, 0.29) is 5.88 Å². The number of carbonyl (C=O) groups is 2. The van der Waals surface area contributed by atoms with Crippen LogP contribution < -0.4 is 5.32 Å². The number of halogens is 1. The summed E-state index contributed by atoms with van der Waals surface area (Å²) >= 11 is 5.16. The molecule has 0 saturated carbocycles. The minimum absolute atomic E-state index is 0.225. The Morgan fingerprint density at radius 1 is 1.55 bits per heavy atom. The van der Waals surface area contributed by atoms with Crippen molar-refractivity contribution in [3.63, 3.8) is 0 Å². The van der Waals surface area contributed by atoms with Crippen molar-refractivity contribution in [1.29, 1.82) is 0 Å². The Kier molecular flexibility index (Phi) is 3.32. The first kappa shape index (κ1) is 10.2. The maximum Gasteiger partial charge on any atom is 0.328 e. The number of rotatable bonds is 3. The van der Waals surface area contributed by atoms with Crippen LogP contribution >= 0.6 is 11.6 Å². The predicted molar refractivity (Wildman–Crippen MR) is 40.6 cm³/mol. The molecular formula is C6H10ClNO3. The molecule has 0 unspecified atom stereocenters. The van der Waals surface area contributed by atoms with Gasteiger partial charge in [0.05, 0.1) is 0 Å². The molecule has 0 aliphatic rings. The number of alkyl halides is 1. The minimum atomic E-state index is -1.24. The lowest BCUT2D eigenvalue weighted by Gasteiger charge is -2.19. The maximum atomic E-state index is 10.6. The summed E-state index contributed by atoms with van der Waals surface area (Å²) in [6.45, 7) is 2.78. The van der Waals surface area contributed by atoms with E-state index in [0.717, 1.165) is 0 Å². The number of aliphatic carboxylic acids is 1. The van der Waals surface area contributed by atoms with Gasteiger partial charge < -0.3 is 10.4 Å². The van der Waals surface area contributed by atoms with Gasteiger partial charge in [-0.1, -0.05) is 0 Å². The third kappa shape index (κ3) is 3.23. The van der Waals surface area contributed by atoms with Crippen LogP contribution in [0, 0.1) is 0 Å². The molecule has 0 aliphatic carbocycles. The van der Waals surface area contributed by atoms with Crippen molar-refractivity contribution in [2.75, 3.05) is 5.88 Å². The Labute approximate surface area is 69.5 Å². The molecule has 2 N–H and O–H groups in total. The number of hydrogen-bond acceptors (Lipinski definition) is 2. The van der Waals surface area contributed by atoms with Gasteiger partial charge in [-0.15, -0.1) is 11.6 Å². The van der Waals surface area contributed by atoms with Crippen LogP contribution in [0.4, 0.5) is 0 Å². The van der Waals surface area contributed by atoms with Gasteiger partial charge in [0.2, 0.25) is 5.91 Å². The molecule has 64 valence electrons. The van der Waals surface area contributed by atoms with Crippen LogP contribution in [-0.2, 0) is 9.59 Å². The number of amides is 1. The zero-order valence-electron chi connectivity index (χ0n) is 6.35. The first-order chi connectivity index (χ1) is 4.90. The Balaban J connectivity index is 4.12. The summed E-state index contributed by atoms with van der Waals surface area (Å²) in [7, 11) is 0.